The average molecular weight is 530 g/mol. The van der Waals surface area contributed by atoms with Gasteiger partial charge in [-0.05, 0) is 74.4 Å². The highest BCUT2D eigenvalue weighted by Gasteiger charge is 2.50. The van der Waals surface area contributed by atoms with E-state index in [2.05, 4.69) is 19.2 Å². The Labute approximate surface area is 223 Å². The highest BCUT2D eigenvalue weighted by Crippen LogP contribution is 2.48. The molecule has 0 radical (unpaired) electrons. The maximum absolute atomic E-state index is 13.4. The van der Waals surface area contributed by atoms with Crippen molar-refractivity contribution in [3.63, 3.8) is 0 Å². The number of fused-ring (bicyclic) bond motifs is 1. The van der Waals surface area contributed by atoms with Gasteiger partial charge >= 0.3 is 6.18 Å². The Morgan fingerprint density at radius 2 is 1.71 bits per heavy atom. The molecule has 1 saturated heterocycles. The van der Waals surface area contributed by atoms with Crippen LogP contribution < -0.4 is 10.1 Å². The molecule has 1 N–H and O–H groups in total. The number of nitrogens with one attached hydrogen (secondary N) is 1. The summed E-state index contributed by atoms with van der Waals surface area (Å²) >= 11 is 0. The first-order valence-electron chi connectivity index (χ1n) is 14.0. The van der Waals surface area contributed by atoms with Crippen molar-refractivity contribution in [2.45, 2.75) is 95.6 Å². The van der Waals surface area contributed by atoms with Crippen LogP contribution in [0.4, 0.5) is 13.2 Å². The number of benzene rings is 2. The van der Waals surface area contributed by atoms with Gasteiger partial charge in [0.05, 0.1) is 17.8 Å². The van der Waals surface area contributed by atoms with E-state index in [0.717, 1.165) is 62.6 Å². The number of hydrogen-bond donors (Lipinski definition) is 1. The van der Waals surface area contributed by atoms with E-state index in [1.807, 2.05) is 18.2 Å². The van der Waals surface area contributed by atoms with Crippen molar-refractivity contribution >= 4 is 5.91 Å². The molecule has 2 aliphatic carbocycles. The molecule has 1 aliphatic heterocycles. The normalized spacial score (nSPS) is 30.3. The van der Waals surface area contributed by atoms with Gasteiger partial charge in [0.25, 0.3) is 0 Å². The van der Waals surface area contributed by atoms with Gasteiger partial charge in [-0.2, -0.15) is 13.2 Å². The summed E-state index contributed by atoms with van der Waals surface area (Å²) in [6, 6.07) is 12.3. The molecule has 1 heterocycles. The number of carbonyl (C=O) groups is 1. The summed E-state index contributed by atoms with van der Waals surface area (Å²) in [5, 5.41) is 3.50. The lowest BCUT2D eigenvalue weighted by Gasteiger charge is -2.52. The Hall–Kier alpha value is -2.54. The minimum Gasteiger partial charge on any atom is -0.457 e. The summed E-state index contributed by atoms with van der Waals surface area (Å²) in [4.78, 5) is 13.4. The first-order chi connectivity index (χ1) is 18.1. The van der Waals surface area contributed by atoms with E-state index in [9.17, 15) is 18.0 Å². The van der Waals surface area contributed by atoms with Gasteiger partial charge in [-0.3, -0.25) is 4.79 Å². The largest absolute Gasteiger partial charge is 0.457 e. The van der Waals surface area contributed by atoms with Crippen LogP contribution in [0.3, 0.4) is 0 Å². The topological polar surface area (TPSA) is 47.6 Å². The minimum absolute atomic E-state index is 0.0437. The maximum Gasteiger partial charge on any atom is 0.416 e. The van der Waals surface area contributed by atoms with E-state index in [4.69, 9.17) is 9.47 Å². The highest BCUT2D eigenvalue weighted by atomic mass is 19.4. The van der Waals surface area contributed by atoms with Crippen molar-refractivity contribution in [3.05, 3.63) is 59.7 Å². The lowest BCUT2D eigenvalue weighted by atomic mass is 9.66. The van der Waals surface area contributed by atoms with Gasteiger partial charge in [0.2, 0.25) is 5.91 Å². The first kappa shape index (κ1) is 27.0. The van der Waals surface area contributed by atoms with Gasteiger partial charge in [-0.25, -0.2) is 0 Å². The van der Waals surface area contributed by atoms with Crippen LogP contribution >= 0.6 is 0 Å². The van der Waals surface area contributed by atoms with Crippen molar-refractivity contribution in [1.82, 2.24) is 5.32 Å². The summed E-state index contributed by atoms with van der Waals surface area (Å²) < 4.78 is 52.0. The molecule has 0 aromatic heterocycles. The van der Waals surface area contributed by atoms with E-state index in [1.54, 1.807) is 6.07 Å². The maximum atomic E-state index is 13.4. The lowest BCUT2D eigenvalue weighted by molar-refractivity contribution is -0.155. The van der Waals surface area contributed by atoms with Crippen molar-refractivity contribution in [1.29, 1.82) is 0 Å². The van der Waals surface area contributed by atoms with E-state index in [0.29, 0.717) is 18.1 Å². The van der Waals surface area contributed by atoms with Crippen LogP contribution in [0, 0.1) is 17.8 Å². The second-order valence-electron chi connectivity index (χ2n) is 11.8. The SMILES string of the molecule is C[C@H]1CC[C@H]2[C@H](C1)O[C@H](c1cccc(Oc3cccc(C(F)(F)F)c3)c1)C[C@]2(C)NC(=O)C1CCCCC1. The Kier molecular flexibility index (Phi) is 7.77. The molecule has 2 aromatic rings. The average Bonchev–Trinajstić information content (AvgIpc) is 2.88. The van der Waals surface area contributed by atoms with Crippen molar-refractivity contribution in [2.75, 3.05) is 0 Å². The molecular weight excluding hydrogens is 491 g/mol. The molecule has 5 rings (SSSR count). The van der Waals surface area contributed by atoms with E-state index >= 15 is 0 Å². The number of hydrogen-bond acceptors (Lipinski definition) is 3. The molecule has 3 aliphatic rings. The quantitative estimate of drug-likeness (QED) is 0.425. The van der Waals surface area contributed by atoms with Gasteiger partial charge in [0, 0.05) is 23.8 Å². The summed E-state index contributed by atoms with van der Waals surface area (Å²) in [6.45, 7) is 4.44. The van der Waals surface area contributed by atoms with Gasteiger partial charge < -0.3 is 14.8 Å². The fraction of sp³-hybridized carbons (Fsp3) is 0.581. The number of ether oxygens (including phenoxy) is 2. The van der Waals surface area contributed by atoms with E-state index < -0.39 is 11.7 Å². The molecule has 206 valence electrons. The number of carbonyl (C=O) groups excluding carboxylic acids is 1. The first-order valence-corrected chi connectivity index (χ1v) is 14.0. The molecule has 4 nitrogen and oxygen atoms in total. The summed E-state index contributed by atoms with van der Waals surface area (Å²) in [5.74, 6) is 1.67. The molecule has 2 saturated carbocycles. The fourth-order valence-corrected chi connectivity index (χ4v) is 6.74. The number of amides is 1. The van der Waals surface area contributed by atoms with Crippen LogP contribution in [0.1, 0.15) is 88.9 Å². The zero-order valence-corrected chi connectivity index (χ0v) is 22.2. The van der Waals surface area contributed by atoms with Crippen LogP contribution in [0.5, 0.6) is 11.5 Å². The molecular formula is C31H38F3NO3. The molecule has 1 amide bonds. The lowest BCUT2D eigenvalue weighted by Crippen LogP contribution is -2.61. The van der Waals surface area contributed by atoms with Crippen LogP contribution in [0.2, 0.25) is 0 Å². The Morgan fingerprint density at radius 3 is 2.45 bits per heavy atom. The number of halogens is 3. The summed E-state index contributed by atoms with van der Waals surface area (Å²) in [6.07, 6.45) is 4.48. The molecule has 38 heavy (non-hydrogen) atoms. The monoisotopic (exact) mass is 529 g/mol. The Bertz CT molecular complexity index is 1130. The molecule has 7 heteroatoms. The minimum atomic E-state index is -4.43. The second kappa shape index (κ2) is 10.9. The number of rotatable bonds is 5. The van der Waals surface area contributed by atoms with Crippen LogP contribution in [-0.2, 0) is 15.7 Å². The highest BCUT2D eigenvalue weighted by molar-refractivity contribution is 5.79. The van der Waals surface area contributed by atoms with Crippen LogP contribution in [-0.4, -0.2) is 17.6 Å². The molecule has 5 atom stereocenters. The van der Waals surface area contributed by atoms with Crippen LogP contribution in [0.15, 0.2) is 48.5 Å². The molecule has 2 aromatic carbocycles. The third-order valence-corrected chi connectivity index (χ3v) is 8.83. The van der Waals surface area contributed by atoms with E-state index in [1.165, 1.54) is 18.6 Å². The Balaban J connectivity index is 1.37. The smallest absolute Gasteiger partial charge is 0.416 e. The third kappa shape index (κ3) is 6.03. The zero-order chi connectivity index (χ0) is 26.9. The summed E-state index contributed by atoms with van der Waals surface area (Å²) in [5.41, 5.74) is -0.229. The van der Waals surface area contributed by atoms with E-state index in [-0.39, 0.29) is 41.2 Å². The van der Waals surface area contributed by atoms with Crippen LogP contribution in [0.25, 0.3) is 0 Å². The molecule has 0 bridgehead atoms. The van der Waals surface area contributed by atoms with Crippen molar-refractivity contribution in [3.8, 4) is 11.5 Å². The number of alkyl halides is 3. The predicted octanol–water partition coefficient (Wildman–Crippen LogP) is 8.22. The zero-order valence-electron chi connectivity index (χ0n) is 22.2. The van der Waals surface area contributed by atoms with Gasteiger partial charge in [0.1, 0.15) is 11.5 Å². The standard InChI is InChI=1S/C31H38F3NO3/c1-20-14-15-26-27(16-20)38-28(19-30(26,2)35-29(36)21-8-4-3-5-9-21)22-10-6-12-24(17-22)37-25-13-7-11-23(18-25)31(32,33)34/h6-7,10-13,17-18,20-21,26-28H,3-5,8-9,14-16,19H2,1-2H3,(H,35,36)/t20-,26-,27-,28-,30-/m0/s1. The van der Waals surface area contributed by atoms with Gasteiger partial charge in [0.15, 0.2) is 0 Å². The van der Waals surface area contributed by atoms with Gasteiger partial charge in [-0.15, -0.1) is 0 Å². The van der Waals surface area contributed by atoms with Crippen molar-refractivity contribution < 1.29 is 27.4 Å². The van der Waals surface area contributed by atoms with Crippen molar-refractivity contribution in [2.24, 2.45) is 17.8 Å². The van der Waals surface area contributed by atoms with Gasteiger partial charge in [-0.1, -0.05) is 50.8 Å². The second-order valence-corrected chi connectivity index (χ2v) is 11.8. The molecule has 3 fully saturated rings. The third-order valence-electron chi connectivity index (χ3n) is 8.83. The Morgan fingerprint density at radius 1 is 1.00 bits per heavy atom. The predicted molar refractivity (Wildman–Crippen MR) is 140 cm³/mol. The molecule has 0 unspecified atom stereocenters. The fourth-order valence-electron chi connectivity index (χ4n) is 6.74. The molecule has 0 spiro atoms. The summed E-state index contributed by atoms with van der Waals surface area (Å²) in [7, 11) is 0.